The van der Waals surface area contributed by atoms with Crippen molar-refractivity contribution in [1.82, 2.24) is 19.7 Å². The fourth-order valence-electron chi connectivity index (χ4n) is 2.88. The predicted molar refractivity (Wildman–Crippen MR) is 82.6 cm³/mol. The molecule has 1 aromatic heterocycles. The van der Waals surface area contributed by atoms with E-state index in [1.54, 1.807) is 0 Å². The van der Waals surface area contributed by atoms with Crippen LogP contribution in [-0.4, -0.2) is 32.8 Å². The molecule has 1 fully saturated rings. The Bertz CT molecular complexity index is 610. The molecule has 1 aliphatic rings. The maximum Gasteiger partial charge on any atom is 0.199 e. The zero-order valence-corrected chi connectivity index (χ0v) is 12.6. The van der Waals surface area contributed by atoms with E-state index in [1.807, 2.05) is 18.2 Å². The van der Waals surface area contributed by atoms with Crippen molar-refractivity contribution in [3.05, 3.63) is 40.9 Å². The fourth-order valence-corrected chi connectivity index (χ4v) is 3.13. The van der Waals surface area contributed by atoms with Crippen LogP contribution < -0.4 is 0 Å². The Morgan fingerprint density at radius 3 is 2.55 bits per heavy atom. The molecule has 1 aromatic carbocycles. The van der Waals surface area contributed by atoms with Gasteiger partial charge in [0.2, 0.25) is 0 Å². The van der Waals surface area contributed by atoms with Gasteiger partial charge in [0.25, 0.3) is 0 Å². The van der Waals surface area contributed by atoms with Crippen LogP contribution in [0.1, 0.15) is 38.1 Å². The summed E-state index contributed by atoms with van der Waals surface area (Å²) in [6.45, 7) is 4.51. The van der Waals surface area contributed by atoms with Gasteiger partial charge in [0.1, 0.15) is 0 Å². The van der Waals surface area contributed by atoms with Gasteiger partial charge >= 0.3 is 0 Å². The summed E-state index contributed by atoms with van der Waals surface area (Å²) in [6.07, 6.45) is 3.90. The first-order valence-corrected chi connectivity index (χ1v) is 7.65. The zero-order valence-electron chi connectivity index (χ0n) is 11.7. The smallest absolute Gasteiger partial charge is 0.199 e. The van der Waals surface area contributed by atoms with Crippen LogP contribution in [0.5, 0.6) is 0 Å². The average molecular weight is 288 g/mol. The van der Waals surface area contributed by atoms with E-state index in [4.69, 9.17) is 12.2 Å². The SMILES string of the molecule is C[C@H](c1n[nH]c(=S)n1-c1ccccc1)N1CCCCC1. The molecule has 20 heavy (non-hydrogen) atoms. The zero-order chi connectivity index (χ0) is 13.9. The minimum Gasteiger partial charge on any atom is -0.294 e. The summed E-state index contributed by atoms with van der Waals surface area (Å²) in [5.41, 5.74) is 1.07. The van der Waals surface area contributed by atoms with Crippen LogP contribution in [0.15, 0.2) is 30.3 Å². The Labute approximate surface area is 124 Å². The number of nitrogens with one attached hydrogen (secondary N) is 1. The van der Waals surface area contributed by atoms with E-state index < -0.39 is 0 Å². The van der Waals surface area contributed by atoms with Crippen LogP contribution >= 0.6 is 12.2 Å². The van der Waals surface area contributed by atoms with E-state index in [2.05, 4.69) is 38.7 Å². The first-order valence-electron chi connectivity index (χ1n) is 7.24. The molecule has 0 amide bonds. The molecule has 2 aromatic rings. The van der Waals surface area contributed by atoms with Gasteiger partial charge in [-0.2, -0.15) is 5.10 Å². The molecular weight excluding hydrogens is 268 g/mol. The van der Waals surface area contributed by atoms with Crippen LogP contribution in [0, 0.1) is 4.77 Å². The lowest BCUT2D eigenvalue weighted by Crippen LogP contribution is -2.33. The van der Waals surface area contributed by atoms with Gasteiger partial charge < -0.3 is 0 Å². The Morgan fingerprint density at radius 2 is 1.85 bits per heavy atom. The number of piperidine rings is 1. The van der Waals surface area contributed by atoms with Crippen LogP contribution in [0.2, 0.25) is 0 Å². The summed E-state index contributed by atoms with van der Waals surface area (Å²) >= 11 is 5.40. The maximum atomic E-state index is 5.40. The van der Waals surface area contributed by atoms with Crippen molar-refractivity contribution in [1.29, 1.82) is 0 Å². The highest BCUT2D eigenvalue weighted by Crippen LogP contribution is 2.24. The summed E-state index contributed by atoms with van der Waals surface area (Å²) in [6, 6.07) is 10.5. The lowest BCUT2D eigenvalue weighted by atomic mass is 10.1. The monoisotopic (exact) mass is 288 g/mol. The molecule has 106 valence electrons. The van der Waals surface area contributed by atoms with Gasteiger partial charge in [-0.1, -0.05) is 24.6 Å². The number of benzene rings is 1. The molecule has 1 atom stereocenters. The minimum absolute atomic E-state index is 0.281. The van der Waals surface area contributed by atoms with Crippen molar-refractivity contribution >= 4 is 12.2 Å². The van der Waals surface area contributed by atoms with Crippen molar-refractivity contribution < 1.29 is 0 Å². The Morgan fingerprint density at radius 1 is 1.15 bits per heavy atom. The minimum atomic E-state index is 0.281. The Balaban J connectivity index is 1.96. The van der Waals surface area contributed by atoms with Crippen molar-refractivity contribution in [2.75, 3.05) is 13.1 Å². The number of H-pyrrole nitrogens is 1. The van der Waals surface area contributed by atoms with Crippen LogP contribution in [-0.2, 0) is 0 Å². The van der Waals surface area contributed by atoms with E-state index in [0.29, 0.717) is 4.77 Å². The van der Waals surface area contributed by atoms with Crippen molar-refractivity contribution in [2.45, 2.75) is 32.2 Å². The van der Waals surface area contributed by atoms with E-state index in [-0.39, 0.29) is 6.04 Å². The van der Waals surface area contributed by atoms with Gasteiger partial charge in [-0.25, -0.2) is 0 Å². The molecular formula is C15H20N4S. The first kappa shape index (κ1) is 13.5. The second-order valence-corrected chi connectivity index (χ2v) is 5.72. The average Bonchev–Trinajstić information content (AvgIpc) is 2.90. The van der Waals surface area contributed by atoms with Crippen LogP contribution in [0.25, 0.3) is 5.69 Å². The van der Waals surface area contributed by atoms with E-state index in [1.165, 1.54) is 19.3 Å². The molecule has 4 nitrogen and oxygen atoms in total. The van der Waals surface area contributed by atoms with E-state index in [0.717, 1.165) is 24.6 Å². The molecule has 0 saturated carbocycles. The third-order valence-electron chi connectivity index (χ3n) is 4.02. The van der Waals surface area contributed by atoms with Crippen molar-refractivity contribution in [3.8, 4) is 5.69 Å². The van der Waals surface area contributed by atoms with Gasteiger partial charge in [0, 0.05) is 5.69 Å². The normalized spacial score (nSPS) is 18.1. The van der Waals surface area contributed by atoms with Gasteiger partial charge in [-0.3, -0.25) is 14.6 Å². The third-order valence-corrected chi connectivity index (χ3v) is 4.30. The number of para-hydroxylation sites is 1. The number of aromatic amines is 1. The van der Waals surface area contributed by atoms with Gasteiger partial charge in [-0.05, 0) is 57.2 Å². The maximum absolute atomic E-state index is 5.40. The molecule has 0 bridgehead atoms. The molecule has 0 spiro atoms. The molecule has 0 radical (unpaired) electrons. The molecule has 1 saturated heterocycles. The summed E-state index contributed by atoms with van der Waals surface area (Å²) in [4.78, 5) is 2.49. The van der Waals surface area contributed by atoms with Crippen LogP contribution in [0.3, 0.4) is 0 Å². The molecule has 0 unspecified atom stereocenters. The van der Waals surface area contributed by atoms with E-state index in [9.17, 15) is 0 Å². The molecule has 0 aliphatic carbocycles. The summed E-state index contributed by atoms with van der Waals surface area (Å²) in [5, 5.41) is 7.42. The number of likely N-dealkylation sites (tertiary alicyclic amines) is 1. The molecule has 1 aliphatic heterocycles. The largest absolute Gasteiger partial charge is 0.294 e. The number of nitrogens with zero attached hydrogens (tertiary/aromatic N) is 3. The molecule has 3 rings (SSSR count). The number of hydrogen-bond donors (Lipinski definition) is 1. The number of hydrogen-bond acceptors (Lipinski definition) is 3. The van der Waals surface area contributed by atoms with E-state index >= 15 is 0 Å². The quantitative estimate of drug-likeness (QED) is 0.879. The van der Waals surface area contributed by atoms with Crippen LogP contribution in [0.4, 0.5) is 0 Å². The molecule has 2 heterocycles. The number of rotatable bonds is 3. The molecule has 1 N–H and O–H groups in total. The summed E-state index contributed by atoms with van der Waals surface area (Å²) < 4.78 is 2.71. The van der Waals surface area contributed by atoms with Crippen molar-refractivity contribution in [3.63, 3.8) is 0 Å². The lowest BCUT2D eigenvalue weighted by Gasteiger charge is -2.31. The van der Waals surface area contributed by atoms with Gasteiger partial charge in [0.05, 0.1) is 6.04 Å². The fraction of sp³-hybridized carbons (Fsp3) is 0.467. The van der Waals surface area contributed by atoms with Gasteiger partial charge in [0.15, 0.2) is 10.6 Å². The summed E-state index contributed by atoms with van der Waals surface area (Å²) in [5.74, 6) is 1.00. The second-order valence-electron chi connectivity index (χ2n) is 5.33. The van der Waals surface area contributed by atoms with Gasteiger partial charge in [-0.15, -0.1) is 0 Å². The first-order chi connectivity index (χ1) is 9.77. The predicted octanol–water partition coefficient (Wildman–Crippen LogP) is 3.48. The second kappa shape index (κ2) is 5.89. The van der Waals surface area contributed by atoms with Crippen molar-refractivity contribution in [2.24, 2.45) is 0 Å². The standard InChI is InChI=1S/C15H20N4S/c1-12(18-10-6-3-7-11-18)14-16-17-15(20)19(14)13-8-4-2-5-9-13/h2,4-5,8-9,12H,3,6-7,10-11H2,1H3,(H,17,20)/t12-/m1/s1. The highest BCUT2D eigenvalue weighted by Gasteiger charge is 2.23. The Hall–Kier alpha value is -1.46. The topological polar surface area (TPSA) is 36.9 Å². The number of aromatic nitrogens is 3. The highest BCUT2D eigenvalue weighted by atomic mass is 32.1. The third kappa shape index (κ3) is 2.55. The highest BCUT2D eigenvalue weighted by molar-refractivity contribution is 7.71. The Kier molecular flexibility index (Phi) is 3.98. The summed E-state index contributed by atoms with van der Waals surface area (Å²) in [7, 11) is 0. The molecule has 5 heteroatoms. The lowest BCUT2D eigenvalue weighted by molar-refractivity contribution is 0.167.